The van der Waals surface area contributed by atoms with Crippen LogP contribution in [0, 0.1) is 0 Å². The zero-order valence-corrected chi connectivity index (χ0v) is 11.2. The highest BCUT2D eigenvalue weighted by Crippen LogP contribution is 2.21. The Morgan fingerprint density at radius 2 is 2.22 bits per heavy atom. The van der Waals surface area contributed by atoms with Gasteiger partial charge in [0.15, 0.2) is 0 Å². The van der Waals surface area contributed by atoms with Crippen molar-refractivity contribution >= 4 is 6.09 Å². The molecule has 2 rings (SSSR count). The van der Waals surface area contributed by atoms with E-state index in [-0.39, 0.29) is 18.2 Å². The topological polar surface area (TPSA) is 53.0 Å². The largest absolute Gasteiger partial charge is 0.448 e. The molecule has 0 aromatic rings. The van der Waals surface area contributed by atoms with Crippen molar-refractivity contribution in [2.75, 3.05) is 32.8 Å². The summed E-state index contributed by atoms with van der Waals surface area (Å²) in [5.74, 6) is 0. The molecule has 5 nitrogen and oxygen atoms in total. The molecular weight excluding hydrogens is 232 g/mol. The van der Waals surface area contributed by atoms with Crippen LogP contribution in [0.3, 0.4) is 0 Å². The molecule has 2 atom stereocenters. The number of carbonyl (C=O) groups is 1. The number of piperidine rings is 1. The summed E-state index contributed by atoms with van der Waals surface area (Å²) in [5, 5.41) is 10.1. The van der Waals surface area contributed by atoms with Gasteiger partial charge in [-0.1, -0.05) is 13.3 Å². The third-order valence-corrected chi connectivity index (χ3v) is 4.03. The first-order valence-corrected chi connectivity index (χ1v) is 7.06. The average Bonchev–Trinajstić information content (AvgIpc) is 2.81. The van der Waals surface area contributed by atoms with Gasteiger partial charge in [0.1, 0.15) is 6.61 Å². The maximum atomic E-state index is 11.4. The van der Waals surface area contributed by atoms with Crippen molar-refractivity contribution in [3.05, 3.63) is 0 Å². The van der Waals surface area contributed by atoms with E-state index in [1.807, 2.05) is 6.92 Å². The van der Waals surface area contributed by atoms with Crippen molar-refractivity contribution in [2.24, 2.45) is 0 Å². The van der Waals surface area contributed by atoms with E-state index in [0.29, 0.717) is 19.7 Å². The minimum Gasteiger partial charge on any atom is -0.448 e. The van der Waals surface area contributed by atoms with E-state index < -0.39 is 0 Å². The van der Waals surface area contributed by atoms with E-state index in [0.717, 1.165) is 25.9 Å². The number of rotatable bonds is 5. The second-order valence-electron chi connectivity index (χ2n) is 5.18. The van der Waals surface area contributed by atoms with Crippen LogP contribution in [0.1, 0.15) is 32.6 Å². The molecule has 0 aliphatic carbocycles. The Hall–Kier alpha value is -0.810. The summed E-state index contributed by atoms with van der Waals surface area (Å²) in [6.07, 6.45) is 3.82. The van der Waals surface area contributed by atoms with Crippen LogP contribution in [0.15, 0.2) is 0 Å². The van der Waals surface area contributed by atoms with Gasteiger partial charge in [-0.2, -0.15) is 0 Å². The first-order chi connectivity index (χ1) is 8.72. The molecule has 0 radical (unpaired) electrons. The predicted octanol–water partition coefficient (Wildman–Crippen LogP) is 1.06. The quantitative estimate of drug-likeness (QED) is 0.799. The minimum absolute atomic E-state index is 0.195. The van der Waals surface area contributed by atoms with Crippen LogP contribution in [0.4, 0.5) is 4.79 Å². The van der Waals surface area contributed by atoms with Crippen molar-refractivity contribution in [2.45, 2.75) is 44.8 Å². The van der Waals surface area contributed by atoms with E-state index in [1.54, 1.807) is 4.90 Å². The summed E-state index contributed by atoms with van der Waals surface area (Å²) in [7, 11) is 0. The second kappa shape index (κ2) is 6.38. The lowest BCUT2D eigenvalue weighted by Gasteiger charge is -2.38. The second-order valence-corrected chi connectivity index (χ2v) is 5.18. The Balaban J connectivity index is 1.83. The maximum Gasteiger partial charge on any atom is 0.409 e. The third-order valence-electron chi connectivity index (χ3n) is 4.03. The molecule has 0 spiro atoms. The Morgan fingerprint density at radius 1 is 1.39 bits per heavy atom. The van der Waals surface area contributed by atoms with Crippen LogP contribution in [0.2, 0.25) is 0 Å². The van der Waals surface area contributed by atoms with Gasteiger partial charge in [0.2, 0.25) is 0 Å². The number of aliphatic hydroxyl groups excluding tert-OH is 1. The number of nitrogens with zero attached hydrogens (tertiary/aromatic N) is 2. The van der Waals surface area contributed by atoms with Crippen molar-refractivity contribution < 1.29 is 14.6 Å². The van der Waals surface area contributed by atoms with Gasteiger partial charge in [0, 0.05) is 19.1 Å². The summed E-state index contributed by atoms with van der Waals surface area (Å²) < 4.78 is 4.92. The number of amides is 1. The monoisotopic (exact) mass is 256 g/mol. The molecule has 0 bridgehead atoms. The molecule has 0 aromatic carbocycles. The maximum absolute atomic E-state index is 11.4. The highest BCUT2D eigenvalue weighted by Gasteiger charge is 2.29. The van der Waals surface area contributed by atoms with E-state index in [9.17, 15) is 9.90 Å². The van der Waals surface area contributed by atoms with Crippen molar-refractivity contribution in [3.8, 4) is 0 Å². The van der Waals surface area contributed by atoms with Gasteiger partial charge in [0.25, 0.3) is 0 Å². The van der Waals surface area contributed by atoms with Gasteiger partial charge in [-0.3, -0.25) is 4.90 Å². The Labute approximate surface area is 109 Å². The lowest BCUT2D eigenvalue weighted by molar-refractivity contribution is 0.0213. The van der Waals surface area contributed by atoms with Crippen LogP contribution in [-0.4, -0.2) is 65.9 Å². The van der Waals surface area contributed by atoms with Crippen molar-refractivity contribution in [3.63, 3.8) is 0 Å². The zero-order valence-electron chi connectivity index (χ0n) is 11.2. The zero-order chi connectivity index (χ0) is 13.0. The molecular formula is C13H24N2O3. The lowest BCUT2D eigenvalue weighted by Crippen LogP contribution is -2.49. The highest BCUT2D eigenvalue weighted by atomic mass is 16.6. The van der Waals surface area contributed by atoms with E-state index in [1.165, 1.54) is 12.8 Å². The molecule has 1 N–H and O–H groups in total. The number of aliphatic hydroxyl groups is 1. The van der Waals surface area contributed by atoms with Gasteiger partial charge in [-0.15, -0.1) is 0 Å². The number of likely N-dealkylation sites (tertiary alicyclic amines) is 1. The lowest BCUT2D eigenvalue weighted by atomic mass is 9.96. The van der Waals surface area contributed by atoms with Crippen molar-refractivity contribution in [1.29, 1.82) is 0 Å². The van der Waals surface area contributed by atoms with Crippen LogP contribution < -0.4 is 0 Å². The molecule has 2 aliphatic heterocycles. The number of hydrogen-bond acceptors (Lipinski definition) is 4. The molecule has 0 aromatic heterocycles. The summed E-state index contributed by atoms with van der Waals surface area (Å²) in [5.41, 5.74) is 0. The Morgan fingerprint density at radius 3 is 2.89 bits per heavy atom. The van der Waals surface area contributed by atoms with E-state index >= 15 is 0 Å². The molecule has 2 saturated heterocycles. The average molecular weight is 256 g/mol. The summed E-state index contributed by atoms with van der Waals surface area (Å²) in [6.45, 7) is 5.83. The minimum atomic E-state index is -0.240. The van der Waals surface area contributed by atoms with Crippen molar-refractivity contribution in [1.82, 2.24) is 9.80 Å². The molecule has 5 heteroatoms. The van der Waals surface area contributed by atoms with Gasteiger partial charge in [-0.25, -0.2) is 4.79 Å². The number of cyclic esters (lactones) is 1. The fraction of sp³-hybridized carbons (Fsp3) is 0.923. The van der Waals surface area contributed by atoms with Crippen LogP contribution in [-0.2, 0) is 4.74 Å². The molecule has 0 saturated carbocycles. The predicted molar refractivity (Wildman–Crippen MR) is 68.4 cm³/mol. The highest BCUT2D eigenvalue weighted by molar-refractivity contribution is 5.69. The summed E-state index contributed by atoms with van der Waals surface area (Å²) >= 11 is 0. The Bertz CT molecular complexity index is 285. The van der Waals surface area contributed by atoms with E-state index in [4.69, 9.17) is 4.74 Å². The van der Waals surface area contributed by atoms with Crippen LogP contribution in [0.25, 0.3) is 0 Å². The third kappa shape index (κ3) is 3.14. The molecule has 2 aliphatic rings. The molecule has 18 heavy (non-hydrogen) atoms. The molecule has 104 valence electrons. The fourth-order valence-electron chi connectivity index (χ4n) is 2.88. The number of ether oxygens (including phenoxy) is 1. The van der Waals surface area contributed by atoms with Crippen LogP contribution >= 0.6 is 0 Å². The smallest absolute Gasteiger partial charge is 0.409 e. The SMILES string of the molecule is CC[C@H](O)[C@H]1CCCCN1CCN1CCOC1=O. The molecule has 1 amide bonds. The van der Waals surface area contributed by atoms with Gasteiger partial charge >= 0.3 is 6.09 Å². The first kappa shape index (κ1) is 13.6. The van der Waals surface area contributed by atoms with E-state index in [2.05, 4.69) is 4.90 Å². The fourth-order valence-corrected chi connectivity index (χ4v) is 2.88. The Kier molecular flexibility index (Phi) is 4.83. The number of hydrogen-bond donors (Lipinski definition) is 1. The van der Waals surface area contributed by atoms with Gasteiger partial charge in [0.05, 0.1) is 12.6 Å². The molecule has 2 heterocycles. The van der Waals surface area contributed by atoms with Gasteiger partial charge < -0.3 is 14.7 Å². The normalized spacial score (nSPS) is 27.3. The van der Waals surface area contributed by atoms with Crippen LogP contribution in [0.5, 0.6) is 0 Å². The standard InChI is InChI=1S/C13H24N2O3/c1-2-12(16)11-5-3-4-6-14(11)7-8-15-9-10-18-13(15)17/h11-12,16H,2-10H2,1H3/t11-,12+/m1/s1. The first-order valence-electron chi connectivity index (χ1n) is 7.06. The van der Waals surface area contributed by atoms with Gasteiger partial charge in [-0.05, 0) is 25.8 Å². The molecule has 2 fully saturated rings. The molecule has 0 unspecified atom stereocenters. The summed E-state index contributed by atoms with van der Waals surface area (Å²) in [6, 6.07) is 0.266. The number of carbonyl (C=O) groups excluding carboxylic acids is 1. The summed E-state index contributed by atoms with van der Waals surface area (Å²) in [4.78, 5) is 15.4.